The van der Waals surface area contributed by atoms with E-state index < -0.39 is 0 Å². The number of carbonyl (C=O) groups is 2. The summed E-state index contributed by atoms with van der Waals surface area (Å²) in [7, 11) is 0. The van der Waals surface area contributed by atoms with Gasteiger partial charge in [0.05, 0.1) is 25.0 Å². The molecule has 0 aliphatic carbocycles. The average Bonchev–Trinajstić information content (AvgIpc) is 2.35. The van der Waals surface area contributed by atoms with Crippen molar-refractivity contribution in [2.24, 2.45) is 11.8 Å². The second kappa shape index (κ2) is 26.8. The van der Waals surface area contributed by atoms with Crippen LogP contribution in [0.1, 0.15) is 84.6 Å². The molecule has 0 fully saturated rings. The standard InChI is InChI=1S/C13H24O5.6CH4/c1-4-11(13(16)17-5-2)9-10(3)12(15)18-8-6-7-14;;;;;;/h10-11,14H,4-9H2,1-3H3;6*1H4. The van der Waals surface area contributed by atoms with E-state index in [4.69, 9.17) is 14.6 Å². The molecule has 0 heterocycles. The smallest absolute Gasteiger partial charge is 0.308 e. The molecule has 154 valence electrons. The first-order chi connectivity index (χ1) is 8.56. The summed E-state index contributed by atoms with van der Waals surface area (Å²) in [4.78, 5) is 23.2. The lowest BCUT2D eigenvalue weighted by Gasteiger charge is -2.17. The predicted molar refractivity (Wildman–Crippen MR) is 107 cm³/mol. The van der Waals surface area contributed by atoms with Crippen LogP contribution >= 0.6 is 0 Å². The summed E-state index contributed by atoms with van der Waals surface area (Å²) in [5, 5.41) is 8.58. The first kappa shape index (κ1) is 43.4. The predicted octanol–water partition coefficient (Wildman–Crippen LogP) is 5.34. The van der Waals surface area contributed by atoms with E-state index in [9.17, 15) is 9.59 Å². The maximum atomic E-state index is 11.6. The van der Waals surface area contributed by atoms with Crippen molar-refractivity contribution in [3.05, 3.63) is 0 Å². The Kier molecular flexibility index (Phi) is 48.5. The minimum atomic E-state index is -0.335. The minimum Gasteiger partial charge on any atom is -0.466 e. The molecule has 0 aliphatic heterocycles. The van der Waals surface area contributed by atoms with Gasteiger partial charge in [0.1, 0.15) is 0 Å². The van der Waals surface area contributed by atoms with Crippen LogP contribution in [0.3, 0.4) is 0 Å². The molecular formula is C19H48O5. The third kappa shape index (κ3) is 18.9. The van der Waals surface area contributed by atoms with Gasteiger partial charge in [-0.05, 0) is 19.8 Å². The summed E-state index contributed by atoms with van der Waals surface area (Å²) in [6, 6.07) is 0. The van der Waals surface area contributed by atoms with Crippen LogP contribution in [0.25, 0.3) is 0 Å². The second-order valence-electron chi connectivity index (χ2n) is 4.24. The monoisotopic (exact) mass is 356 g/mol. The van der Waals surface area contributed by atoms with E-state index in [2.05, 4.69) is 0 Å². The van der Waals surface area contributed by atoms with Gasteiger partial charge in [-0.15, -0.1) is 0 Å². The molecule has 24 heavy (non-hydrogen) atoms. The molecule has 0 rings (SSSR count). The summed E-state index contributed by atoms with van der Waals surface area (Å²) < 4.78 is 9.93. The molecule has 5 heteroatoms. The highest BCUT2D eigenvalue weighted by Gasteiger charge is 2.24. The Hall–Kier alpha value is -1.10. The highest BCUT2D eigenvalue weighted by molar-refractivity contribution is 5.75. The van der Waals surface area contributed by atoms with Crippen molar-refractivity contribution in [2.45, 2.75) is 84.6 Å². The zero-order valence-electron chi connectivity index (χ0n) is 11.5. The fourth-order valence-electron chi connectivity index (χ4n) is 1.59. The highest BCUT2D eigenvalue weighted by Crippen LogP contribution is 2.18. The molecular weight excluding hydrogens is 308 g/mol. The summed E-state index contributed by atoms with van der Waals surface area (Å²) in [6.07, 6.45) is 1.52. The lowest BCUT2D eigenvalue weighted by atomic mass is 9.94. The van der Waals surface area contributed by atoms with Crippen LogP contribution in [-0.2, 0) is 19.1 Å². The Labute approximate surface area is 153 Å². The van der Waals surface area contributed by atoms with Crippen LogP contribution in [0.2, 0.25) is 0 Å². The van der Waals surface area contributed by atoms with Crippen molar-refractivity contribution in [1.82, 2.24) is 0 Å². The third-order valence-electron chi connectivity index (χ3n) is 2.70. The van der Waals surface area contributed by atoms with E-state index >= 15 is 0 Å². The number of carbonyl (C=O) groups excluding carboxylic acids is 2. The number of ether oxygens (including phenoxy) is 2. The molecule has 0 saturated carbocycles. The van der Waals surface area contributed by atoms with Crippen LogP contribution in [0.15, 0.2) is 0 Å². The van der Waals surface area contributed by atoms with Gasteiger partial charge in [0, 0.05) is 13.0 Å². The molecule has 0 aromatic carbocycles. The van der Waals surface area contributed by atoms with Crippen LogP contribution in [0.5, 0.6) is 0 Å². The van der Waals surface area contributed by atoms with Gasteiger partial charge in [0.2, 0.25) is 0 Å². The molecule has 2 unspecified atom stereocenters. The summed E-state index contributed by atoms with van der Waals surface area (Å²) in [6.45, 7) is 5.97. The second-order valence-corrected chi connectivity index (χ2v) is 4.24. The van der Waals surface area contributed by atoms with Crippen LogP contribution < -0.4 is 0 Å². The average molecular weight is 357 g/mol. The summed E-state index contributed by atoms with van der Waals surface area (Å²) >= 11 is 0. The lowest BCUT2D eigenvalue weighted by Crippen LogP contribution is -2.24. The van der Waals surface area contributed by atoms with Gasteiger partial charge in [-0.3, -0.25) is 9.59 Å². The molecule has 0 aromatic rings. The maximum absolute atomic E-state index is 11.6. The van der Waals surface area contributed by atoms with Crippen LogP contribution in [0.4, 0.5) is 0 Å². The highest BCUT2D eigenvalue weighted by atomic mass is 16.5. The van der Waals surface area contributed by atoms with Crippen molar-refractivity contribution in [2.75, 3.05) is 19.8 Å². The van der Waals surface area contributed by atoms with Gasteiger partial charge >= 0.3 is 11.9 Å². The fraction of sp³-hybridized carbons (Fsp3) is 0.895. The largest absolute Gasteiger partial charge is 0.466 e. The Balaban J connectivity index is -0.0000000963. The van der Waals surface area contributed by atoms with E-state index in [1.807, 2.05) is 6.92 Å². The molecule has 1 N–H and O–H groups in total. The van der Waals surface area contributed by atoms with Gasteiger partial charge in [-0.25, -0.2) is 0 Å². The summed E-state index contributed by atoms with van der Waals surface area (Å²) in [5.41, 5.74) is 0. The van der Waals surface area contributed by atoms with E-state index in [1.165, 1.54) is 0 Å². The molecule has 0 aromatic heterocycles. The SMILES string of the molecule is C.C.C.C.C.C.CCOC(=O)C(CC)CC(C)C(=O)OCCCO. The number of rotatable bonds is 9. The Morgan fingerprint density at radius 3 is 1.79 bits per heavy atom. The number of aliphatic hydroxyl groups excluding tert-OH is 1. The third-order valence-corrected chi connectivity index (χ3v) is 2.70. The van der Waals surface area contributed by atoms with Crippen molar-refractivity contribution < 1.29 is 24.2 Å². The Bertz CT molecular complexity index is 254. The summed E-state index contributed by atoms with van der Waals surface area (Å²) in [5.74, 6) is -1.18. The maximum Gasteiger partial charge on any atom is 0.308 e. The molecule has 5 nitrogen and oxygen atoms in total. The Morgan fingerprint density at radius 1 is 0.917 bits per heavy atom. The molecule has 0 aliphatic rings. The van der Waals surface area contributed by atoms with Crippen molar-refractivity contribution in [3.63, 3.8) is 0 Å². The number of hydrogen-bond donors (Lipinski definition) is 1. The van der Waals surface area contributed by atoms with Crippen molar-refractivity contribution in [1.29, 1.82) is 0 Å². The van der Waals surface area contributed by atoms with E-state index in [-0.39, 0.29) is 81.5 Å². The molecule has 2 atom stereocenters. The number of aliphatic hydroxyl groups is 1. The fourth-order valence-corrected chi connectivity index (χ4v) is 1.59. The van der Waals surface area contributed by atoms with E-state index in [0.717, 1.165) is 0 Å². The zero-order chi connectivity index (χ0) is 14.0. The molecule has 0 saturated heterocycles. The molecule has 0 amide bonds. The van der Waals surface area contributed by atoms with Gasteiger partial charge < -0.3 is 14.6 Å². The molecule has 0 bridgehead atoms. The van der Waals surface area contributed by atoms with E-state index in [1.54, 1.807) is 13.8 Å². The van der Waals surface area contributed by atoms with Gasteiger partial charge in [-0.1, -0.05) is 58.4 Å². The van der Waals surface area contributed by atoms with Crippen LogP contribution in [0, 0.1) is 11.8 Å². The molecule has 0 radical (unpaired) electrons. The topological polar surface area (TPSA) is 72.8 Å². The quantitative estimate of drug-likeness (QED) is 0.445. The lowest BCUT2D eigenvalue weighted by molar-refractivity contribution is -0.152. The van der Waals surface area contributed by atoms with Gasteiger partial charge in [-0.2, -0.15) is 0 Å². The van der Waals surface area contributed by atoms with Crippen molar-refractivity contribution in [3.8, 4) is 0 Å². The minimum absolute atomic E-state index is 0. The first-order valence-electron chi connectivity index (χ1n) is 6.50. The number of esters is 2. The zero-order valence-corrected chi connectivity index (χ0v) is 11.5. The van der Waals surface area contributed by atoms with Gasteiger partial charge in [0.15, 0.2) is 0 Å². The first-order valence-corrected chi connectivity index (χ1v) is 6.50. The van der Waals surface area contributed by atoms with Crippen LogP contribution in [-0.4, -0.2) is 36.9 Å². The van der Waals surface area contributed by atoms with Gasteiger partial charge in [0.25, 0.3) is 0 Å². The van der Waals surface area contributed by atoms with E-state index in [0.29, 0.717) is 25.9 Å². The normalized spacial score (nSPS) is 10.3. The number of hydrogen-bond acceptors (Lipinski definition) is 5. The molecule has 0 spiro atoms. The van der Waals surface area contributed by atoms with Crippen molar-refractivity contribution >= 4 is 11.9 Å². The Morgan fingerprint density at radius 2 is 1.42 bits per heavy atom.